The van der Waals surface area contributed by atoms with Crippen molar-refractivity contribution in [2.24, 2.45) is 0 Å². The second kappa shape index (κ2) is 10.0. The number of anilines is 1. The van der Waals surface area contributed by atoms with Crippen LogP contribution in [0.4, 0.5) is 14.5 Å². The van der Waals surface area contributed by atoms with Gasteiger partial charge in [-0.2, -0.15) is 0 Å². The van der Waals surface area contributed by atoms with Gasteiger partial charge in [0.05, 0.1) is 6.54 Å². The van der Waals surface area contributed by atoms with Crippen LogP contribution >= 0.6 is 0 Å². The highest BCUT2D eigenvalue weighted by molar-refractivity contribution is 6.02. The Kier molecular flexibility index (Phi) is 6.72. The Hall–Kier alpha value is -3.77. The number of furan rings is 1. The quantitative estimate of drug-likeness (QED) is 0.371. The summed E-state index contributed by atoms with van der Waals surface area (Å²) in [5.74, 6) is -0.330. The highest BCUT2D eigenvalue weighted by atomic mass is 19.1. The maximum atomic E-state index is 14.2. The van der Waals surface area contributed by atoms with Gasteiger partial charge < -0.3 is 9.73 Å². The van der Waals surface area contributed by atoms with Crippen molar-refractivity contribution in [1.82, 2.24) is 4.90 Å². The molecule has 0 spiro atoms. The lowest BCUT2D eigenvalue weighted by Crippen LogP contribution is -2.22. The summed E-state index contributed by atoms with van der Waals surface area (Å²) in [7, 11) is 0. The van der Waals surface area contributed by atoms with E-state index in [9.17, 15) is 13.6 Å². The average Bonchev–Trinajstić information content (AvgIpc) is 3.26. The summed E-state index contributed by atoms with van der Waals surface area (Å²) >= 11 is 0. The molecule has 3 aromatic carbocycles. The van der Waals surface area contributed by atoms with E-state index in [4.69, 9.17) is 4.42 Å². The molecule has 6 heteroatoms. The van der Waals surface area contributed by atoms with Gasteiger partial charge in [0.25, 0.3) is 5.91 Å². The summed E-state index contributed by atoms with van der Waals surface area (Å²) in [6, 6.07) is 25.4. The van der Waals surface area contributed by atoms with Gasteiger partial charge in [-0.3, -0.25) is 9.69 Å². The molecule has 0 radical (unpaired) electrons. The summed E-state index contributed by atoms with van der Waals surface area (Å²) in [4.78, 5) is 14.5. The zero-order chi connectivity index (χ0) is 22.3. The third-order valence-corrected chi connectivity index (χ3v) is 4.97. The Morgan fingerprint density at radius 3 is 2.25 bits per heavy atom. The first kappa shape index (κ1) is 21.5. The number of halogens is 2. The van der Waals surface area contributed by atoms with Crippen LogP contribution in [0.1, 0.15) is 27.4 Å². The van der Waals surface area contributed by atoms with E-state index >= 15 is 0 Å². The Bertz CT molecular complexity index is 1170. The number of nitrogens with one attached hydrogen (secondary N) is 1. The maximum Gasteiger partial charge on any atom is 0.291 e. The van der Waals surface area contributed by atoms with E-state index in [0.717, 1.165) is 5.56 Å². The number of carbonyl (C=O) groups excluding carboxylic acids is 1. The number of benzene rings is 3. The van der Waals surface area contributed by atoms with E-state index in [-0.39, 0.29) is 17.4 Å². The predicted molar refractivity (Wildman–Crippen MR) is 119 cm³/mol. The molecule has 0 unspecified atom stereocenters. The summed E-state index contributed by atoms with van der Waals surface area (Å²) in [6.45, 7) is 1.37. The average molecular weight is 432 g/mol. The van der Waals surface area contributed by atoms with E-state index in [2.05, 4.69) is 5.32 Å². The van der Waals surface area contributed by atoms with Gasteiger partial charge in [0.2, 0.25) is 0 Å². The number of rotatable bonds is 8. The molecule has 162 valence electrons. The van der Waals surface area contributed by atoms with Crippen LogP contribution < -0.4 is 5.32 Å². The molecule has 32 heavy (non-hydrogen) atoms. The Balaban J connectivity index is 1.48. The third-order valence-electron chi connectivity index (χ3n) is 4.97. The molecule has 0 atom stereocenters. The smallest absolute Gasteiger partial charge is 0.291 e. The fourth-order valence-corrected chi connectivity index (χ4v) is 3.41. The van der Waals surface area contributed by atoms with Crippen molar-refractivity contribution in [1.29, 1.82) is 0 Å². The number of amides is 1. The van der Waals surface area contributed by atoms with E-state index < -0.39 is 5.91 Å². The van der Waals surface area contributed by atoms with Crippen molar-refractivity contribution in [3.8, 4) is 0 Å². The van der Waals surface area contributed by atoms with E-state index in [1.165, 1.54) is 30.3 Å². The molecule has 4 nitrogen and oxygen atoms in total. The fraction of sp³-hybridized carbons (Fsp3) is 0.115. The van der Waals surface area contributed by atoms with Gasteiger partial charge in [0.15, 0.2) is 5.76 Å². The molecular formula is C26H22F2N2O2. The van der Waals surface area contributed by atoms with Crippen molar-refractivity contribution in [3.05, 3.63) is 125 Å². The molecule has 0 saturated heterocycles. The van der Waals surface area contributed by atoms with Gasteiger partial charge in [0.1, 0.15) is 17.4 Å². The summed E-state index contributed by atoms with van der Waals surface area (Å²) < 4.78 is 33.0. The lowest BCUT2D eigenvalue weighted by atomic mass is 10.1. The number of hydrogen-bond donors (Lipinski definition) is 1. The lowest BCUT2D eigenvalue weighted by molar-refractivity contribution is 0.0992. The molecule has 0 aliphatic rings. The third kappa shape index (κ3) is 5.68. The molecule has 0 aliphatic heterocycles. The Morgan fingerprint density at radius 2 is 1.50 bits per heavy atom. The largest absolute Gasteiger partial charge is 0.455 e. The van der Waals surface area contributed by atoms with Crippen LogP contribution in [0.5, 0.6) is 0 Å². The lowest BCUT2D eigenvalue weighted by Gasteiger charge is -2.22. The molecule has 1 heterocycles. The standard InChI is InChI=1S/C26H22F2N2O2/c27-21-10-12-22(13-11-21)29-26(31)25-15-14-23(32-25)18-30(16-19-6-2-1-3-7-19)17-20-8-4-5-9-24(20)28/h1-15H,16-18H2,(H,29,31). The van der Waals surface area contributed by atoms with Gasteiger partial charge in [0, 0.05) is 24.3 Å². The molecule has 4 aromatic rings. The molecular weight excluding hydrogens is 410 g/mol. The summed E-state index contributed by atoms with van der Waals surface area (Å²) in [5, 5.41) is 2.68. The Labute approximate surface area is 185 Å². The van der Waals surface area contributed by atoms with Crippen LogP contribution in [0, 0.1) is 11.6 Å². The van der Waals surface area contributed by atoms with Crippen molar-refractivity contribution in [2.45, 2.75) is 19.6 Å². The van der Waals surface area contributed by atoms with Crippen LogP contribution in [0.15, 0.2) is 95.4 Å². The molecule has 0 saturated carbocycles. The van der Waals surface area contributed by atoms with Gasteiger partial charge in [-0.15, -0.1) is 0 Å². The second-order valence-corrected chi connectivity index (χ2v) is 7.45. The van der Waals surface area contributed by atoms with Crippen molar-refractivity contribution in [3.63, 3.8) is 0 Å². The highest BCUT2D eigenvalue weighted by Crippen LogP contribution is 2.19. The van der Waals surface area contributed by atoms with Crippen LogP contribution in [0.2, 0.25) is 0 Å². The topological polar surface area (TPSA) is 45.5 Å². The van der Waals surface area contributed by atoms with Crippen LogP contribution in [0.3, 0.4) is 0 Å². The van der Waals surface area contributed by atoms with E-state index in [0.29, 0.717) is 36.6 Å². The zero-order valence-electron chi connectivity index (χ0n) is 17.3. The molecule has 1 aromatic heterocycles. The first-order chi connectivity index (χ1) is 15.6. The highest BCUT2D eigenvalue weighted by Gasteiger charge is 2.16. The van der Waals surface area contributed by atoms with Crippen molar-refractivity contribution < 1.29 is 18.0 Å². The SMILES string of the molecule is O=C(Nc1ccc(F)cc1)c1ccc(CN(Cc2ccccc2)Cc2ccccc2F)o1. The van der Waals surface area contributed by atoms with Gasteiger partial charge >= 0.3 is 0 Å². The monoisotopic (exact) mass is 432 g/mol. The summed E-state index contributed by atoms with van der Waals surface area (Å²) in [6.07, 6.45) is 0. The van der Waals surface area contributed by atoms with Gasteiger partial charge in [-0.05, 0) is 48.0 Å². The Morgan fingerprint density at radius 1 is 0.781 bits per heavy atom. The summed E-state index contributed by atoms with van der Waals surface area (Å²) in [5.41, 5.74) is 2.15. The molecule has 0 bridgehead atoms. The van der Waals surface area contributed by atoms with Gasteiger partial charge in [-0.25, -0.2) is 8.78 Å². The molecule has 0 aliphatic carbocycles. The maximum absolute atomic E-state index is 14.2. The normalized spacial score (nSPS) is 11.0. The first-order valence-corrected chi connectivity index (χ1v) is 10.2. The minimum atomic E-state index is -0.424. The number of nitrogens with zero attached hydrogens (tertiary/aromatic N) is 1. The predicted octanol–water partition coefficient (Wildman–Crippen LogP) is 6.01. The zero-order valence-corrected chi connectivity index (χ0v) is 17.3. The van der Waals surface area contributed by atoms with E-state index in [1.807, 2.05) is 41.3 Å². The van der Waals surface area contributed by atoms with Crippen molar-refractivity contribution in [2.75, 3.05) is 5.32 Å². The molecule has 4 rings (SSSR count). The number of hydrogen-bond acceptors (Lipinski definition) is 3. The second-order valence-electron chi connectivity index (χ2n) is 7.45. The number of carbonyl (C=O) groups is 1. The minimum Gasteiger partial charge on any atom is -0.455 e. The van der Waals surface area contributed by atoms with Crippen LogP contribution in [-0.2, 0) is 19.6 Å². The van der Waals surface area contributed by atoms with Crippen LogP contribution in [-0.4, -0.2) is 10.8 Å². The fourth-order valence-electron chi connectivity index (χ4n) is 3.41. The molecule has 1 N–H and O–H groups in total. The first-order valence-electron chi connectivity index (χ1n) is 10.2. The van der Waals surface area contributed by atoms with E-state index in [1.54, 1.807) is 24.3 Å². The van der Waals surface area contributed by atoms with Crippen LogP contribution in [0.25, 0.3) is 0 Å². The molecule has 0 fully saturated rings. The molecule has 1 amide bonds. The van der Waals surface area contributed by atoms with Crippen molar-refractivity contribution >= 4 is 11.6 Å². The minimum absolute atomic E-state index is 0.148. The van der Waals surface area contributed by atoms with Gasteiger partial charge in [-0.1, -0.05) is 48.5 Å².